The summed E-state index contributed by atoms with van der Waals surface area (Å²) >= 11 is 0. The first-order chi connectivity index (χ1) is 23.3. The monoisotopic (exact) mass is 644 g/mol. The molecule has 2 aliphatic heterocycles. The summed E-state index contributed by atoms with van der Waals surface area (Å²) in [5.74, 6) is 0.743. The lowest BCUT2D eigenvalue weighted by molar-refractivity contribution is -0.140. The largest absolute Gasteiger partial charge is 0.493 e. The van der Waals surface area contributed by atoms with Gasteiger partial charge in [0.25, 0.3) is 11.8 Å². The minimum absolute atomic E-state index is 0.175. The fourth-order valence-electron chi connectivity index (χ4n) is 6.26. The van der Waals surface area contributed by atoms with Crippen molar-refractivity contribution >= 4 is 29.5 Å². The topological polar surface area (TPSA) is 100 Å². The average Bonchev–Trinajstić information content (AvgIpc) is 3.11. The molecule has 1 fully saturated rings. The molecule has 2 aliphatic rings. The molecule has 0 aliphatic carbocycles. The second kappa shape index (κ2) is 14.6. The van der Waals surface area contributed by atoms with Crippen LogP contribution in [0.4, 0.5) is 5.69 Å². The van der Waals surface area contributed by atoms with Crippen LogP contribution in [0.25, 0.3) is 6.08 Å². The van der Waals surface area contributed by atoms with Crippen LogP contribution >= 0.6 is 0 Å². The third-order valence-electron chi connectivity index (χ3n) is 9.04. The highest BCUT2D eigenvalue weighted by Gasteiger charge is 2.35. The van der Waals surface area contributed by atoms with Gasteiger partial charge in [-0.1, -0.05) is 54.6 Å². The molecule has 0 spiro atoms. The number of likely N-dealkylation sites (N-methyl/N-ethyl adjacent to an activating group) is 1. The van der Waals surface area contributed by atoms with Gasteiger partial charge in [-0.2, -0.15) is 0 Å². The van der Waals surface area contributed by atoms with E-state index in [4.69, 9.17) is 9.47 Å². The molecule has 1 unspecified atom stereocenters. The molecule has 0 saturated carbocycles. The Balaban J connectivity index is 1.03. The Morgan fingerprint density at radius 2 is 1.62 bits per heavy atom. The molecule has 2 heterocycles. The molecule has 0 bridgehead atoms. The molecule has 2 N–H and O–H groups in total. The maximum absolute atomic E-state index is 13.1. The molecule has 4 aromatic carbocycles. The Morgan fingerprint density at radius 3 is 2.35 bits per heavy atom. The van der Waals surface area contributed by atoms with Crippen molar-refractivity contribution in [1.82, 2.24) is 15.1 Å². The predicted molar refractivity (Wildman–Crippen MR) is 186 cm³/mol. The molecule has 9 heteroatoms. The summed E-state index contributed by atoms with van der Waals surface area (Å²) in [5, 5.41) is 5.74. The van der Waals surface area contributed by atoms with E-state index in [1.807, 2.05) is 54.6 Å². The minimum Gasteiger partial charge on any atom is -0.493 e. The van der Waals surface area contributed by atoms with Crippen LogP contribution in [-0.4, -0.2) is 67.9 Å². The molecule has 1 atom stereocenters. The van der Waals surface area contributed by atoms with E-state index < -0.39 is 6.04 Å². The van der Waals surface area contributed by atoms with Gasteiger partial charge in [0.1, 0.15) is 11.7 Å². The summed E-state index contributed by atoms with van der Waals surface area (Å²) in [6.45, 7) is 2.78. The molecule has 4 aromatic rings. The number of carbonyl (C=O) groups excluding carboxylic acids is 3. The molecule has 1 saturated heterocycles. The van der Waals surface area contributed by atoms with Crippen molar-refractivity contribution in [2.75, 3.05) is 39.7 Å². The second-order valence-corrected chi connectivity index (χ2v) is 12.2. The van der Waals surface area contributed by atoms with E-state index in [0.717, 1.165) is 49.5 Å². The van der Waals surface area contributed by atoms with Crippen LogP contribution in [0.2, 0.25) is 0 Å². The quantitative estimate of drug-likeness (QED) is 0.233. The summed E-state index contributed by atoms with van der Waals surface area (Å²) in [7, 11) is 4.97. The van der Waals surface area contributed by atoms with Gasteiger partial charge in [0, 0.05) is 44.4 Å². The lowest BCUT2D eigenvalue weighted by atomic mass is 9.98. The Kier molecular flexibility index (Phi) is 9.87. The van der Waals surface area contributed by atoms with Crippen molar-refractivity contribution in [2.24, 2.45) is 0 Å². The highest BCUT2D eigenvalue weighted by molar-refractivity contribution is 6.08. The van der Waals surface area contributed by atoms with Crippen molar-refractivity contribution in [3.05, 3.63) is 130 Å². The molecule has 3 amide bonds. The summed E-state index contributed by atoms with van der Waals surface area (Å²) < 4.78 is 11.0. The van der Waals surface area contributed by atoms with Gasteiger partial charge in [0.15, 0.2) is 11.5 Å². The van der Waals surface area contributed by atoms with Gasteiger partial charge in [0.2, 0.25) is 5.91 Å². The van der Waals surface area contributed by atoms with E-state index in [9.17, 15) is 14.4 Å². The van der Waals surface area contributed by atoms with E-state index in [1.165, 1.54) is 21.6 Å². The van der Waals surface area contributed by atoms with Gasteiger partial charge in [-0.05, 0) is 83.1 Å². The second-order valence-electron chi connectivity index (χ2n) is 12.2. The maximum Gasteiger partial charge on any atom is 0.270 e. The first kappa shape index (κ1) is 32.5. The number of ether oxygens (including phenoxy) is 2. The molecular formula is C39H40N4O5. The van der Waals surface area contributed by atoms with Gasteiger partial charge in [-0.15, -0.1) is 0 Å². The Morgan fingerprint density at radius 1 is 0.896 bits per heavy atom. The summed E-state index contributed by atoms with van der Waals surface area (Å²) in [6.07, 6.45) is 3.90. The first-order valence-electron chi connectivity index (χ1n) is 16.1. The Hall–Kier alpha value is -5.41. The number of carbonyl (C=O) groups is 3. The number of fused-ring (bicyclic) bond motifs is 1. The van der Waals surface area contributed by atoms with Crippen molar-refractivity contribution < 1.29 is 23.9 Å². The van der Waals surface area contributed by atoms with Crippen molar-refractivity contribution in [3.63, 3.8) is 0 Å². The Labute approximate surface area is 281 Å². The number of piperazine rings is 1. The van der Waals surface area contributed by atoms with Crippen LogP contribution in [-0.2, 0) is 35.4 Å². The zero-order valence-electron chi connectivity index (χ0n) is 27.5. The summed E-state index contributed by atoms with van der Waals surface area (Å²) in [5.41, 5.74) is 6.69. The number of benzene rings is 4. The zero-order valence-corrected chi connectivity index (χ0v) is 27.5. The Bertz CT molecular complexity index is 1840. The van der Waals surface area contributed by atoms with Crippen LogP contribution in [0.1, 0.15) is 38.2 Å². The number of anilines is 1. The van der Waals surface area contributed by atoms with E-state index in [2.05, 4.69) is 27.7 Å². The number of amides is 3. The van der Waals surface area contributed by atoms with Gasteiger partial charge in [0.05, 0.1) is 14.2 Å². The van der Waals surface area contributed by atoms with Gasteiger partial charge in [-0.3, -0.25) is 19.3 Å². The average molecular weight is 645 g/mol. The van der Waals surface area contributed by atoms with Crippen molar-refractivity contribution in [3.8, 4) is 11.5 Å². The molecule has 48 heavy (non-hydrogen) atoms. The van der Waals surface area contributed by atoms with Crippen LogP contribution in [0.15, 0.2) is 96.7 Å². The lowest BCUT2D eigenvalue weighted by Gasteiger charge is -2.33. The predicted octanol–water partition coefficient (Wildman–Crippen LogP) is 5.10. The van der Waals surface area contributed by atoms with Gasteiger partial charge < -0.3 is 25.0 Å². The van der Waals surface area contributed by atoms with E-state index in [-0.39, 0.29) is 23.4 Å². The van der Waals surface area contributed by atoms with Crippen LogP contribution in [0.5, 0.6) is 11.5 Å². The van der Waals surface area contributed by atoms with E-state index in [0.29, 0.717) is 23.2 Å². The molecule has 0 radical (unpaired) electrons. The smallest absolute Gasteiger partial charge is 0.270 e. The SMILES string of the molecule is COc1cc2c(cc1OC)CN(CCc1ccc(NC(=O)c3cccc(/C=C4\NC(=O)C(Cc5ccccc5)N(C)C4=O)c3)cc1)CC2. The van der Waals surface area contributed by atoms with Crippen LogP contribution < -0.4 is 20.1 Å². The van der Waals surface area contributed by atoms with Gasteiger partial charge >= 0.3 is 0 Å². The third-order valence-corrected chi connectivity index (χ3v) is 9.04. The molecule has 6 rings (SSSR count). The fraction of sp³-hybridized carbons (Fsp3) is 0.256. The number of hydrogen-bond acceptors (Lipinski definition) is 6. The lowest BCUT2D eigenvalue weighted by Crippen LogP contribution is -2.56. The minimum atomic E-state index is -0.600. The summed E-state index contributed by atoms with van der Waals surface area (Å²) in [4.78, 5) is 43.2. The standard InChI is InChI=1S/C39H40N4O5/c1-42-34(22-27-8-5-4-6-9-27)38(45)41-33(39(42)46)21-28-10-7-11-30(20-28)37(44)40-32-14-12-26(13-15-32)16-18-43-19-17-29-23-35(47-2)36(48-3)24-31(29)25-43/h4-15,20-21,23-24,34H,16-19,22,25H2,1-3H3,(H,40,44)(H,41,45)/b33-21-. The van der Waals surface area contributed by atoms with Crippen molar-refractivity contribution in [2.45, 2.75) is 31.8 Å². The number of nitrogens with zero attached hydrogens (tertiary/aromatic N) is 2. The number of rotatable bonds is 10. The molecule has 9 nitrogen and oxygen atoms in total. The van der Waals surface area contributed by atoms with Crippen LogP contribution in [0.3, 0.4) is 0 Å². The number of nitrogens with one attached hydrogen (secondary N) is 2. The van der Waals surface area contributed by atoms with E-state index >= 15 is 0 Å². The highest BCUT2D eigenvalue weighted by atomic mass is 16.5. The van der Waals surface area contributed by atoms with Crippen LogP contribution in [0, 0.1) is 0 Å². The number of hydrogen-bond donors (Lipinski definition) is 2. The zero-order chi connectivity index (χ0) is 33.6. The van der Waals surface area contributed by atoms with Gasteiger partial charge in [-0.25, -0.2) is 0 Å². The highest BCUT2D eigenvalue weighted by Crippen LogP contribution is 2.33. The fourth-order valence-corrected chi connectivity index (χ4v) is 6.26. The normalized spacial score (nSPS) is 17.1. The number of methoxy groups -OCH3 is 2. The summed E-state index contributed by atoms with van der Waals surface area (Å²) in [6, 6.07) is 28.1. The third kappa shape index (κ3) is 7.42. The first-order valence-corrected chi connectivity index (χ1v) is 16.1. The van der Waals surface area contributed by atoms with E-state index in [1.54, 1.807) is 51.6 Å². The molecule has 0 aromatic heterocycles. The van der Waals surface area contributed by atoms with Crippen molar-refractivity contribution in [1.29, 1.82) is 0 Å². The maximum atomic E-state index is 13.1. The molecular weight excluding hydrogens is 604 g/mol. The molecule has 246 valence electrons.